The molecule has 4 fully saturated rings. The van der Waals surface area contributed by atoms with Gasteiger partial charge in [0.05, 0.1) is 19.8 Å². The Kier molecular flexibility index (Phi) is 10.9. The molecular weight excluding hydrogens is 444 g/mol. The van der Waals surface area contributed by atoms with E-state index in [4.69, 9.17) is 14.2 Å². The molecule has 0 radical (unpaired) electrons. The van der Waals surface area contributed by atoms with Crippen LogP contribution in [0.15, 0.2) is 36.4 Å². The summed E-state index contributed by atoms with van der Waals surface area (Å²) in [5, 5.41) is 0. The lowest BCUT2D eigenvalue weighted by molar-refractivity contribution is -0.232. The lowest BCUT2D eigenvalue weighted by atomic mass is 9.51. The number of allylic oxidation sites excluding steroid dienone is 1. The number of unbranched alkanes of at least 4 members (excludes halogenated alkanes) is 7. The lowest BCUT2D eigenvalue weighted by Crippen LogP contribution is -2.44. The third kappa shape index (κ3) is 7.45. The van der Waals surface area contributed by atoms with Gasteiger partial charge in [0.15, 0.2) is 6.29 Å². The quantitative estimate of drug-likeness (QED) is 0.179. The Morgan fingerprint density at radius 1 is 0.778 bits per heavy atom. The van der Waals surface area contributed by atoms with Crippen molar-refractivity contribution in [3.8, 4) is 0 Å². The summed E-state index contributed by atoms with van der Waals surface area (Å²) in [7, 11) is 0. The van der Waals surface area contributed by atoms with E-state index in [1.807, 2.05) is 0 Å². The van der Waals surface area contributed by atoms with Crippen LogP contribution >= 0.6 is 0 Å². The van der Waals surface area contributed by atoms with Gasteiger partial charge in [-0.25, -0.2) is 0 Å². The topological polar surface area (TPSA) is 27.7 Å². The summed E-state index contributed by atoms with van der Waals surface area (Å²) in [5.74, 6) is 0. The molecular formula is C33H52O3. The van der Waals surface area contributed by atoms with E-state index in [9.17, 15) is 0 Å². The number of ether oxygens (including phenoxy) is 3. The predicted molar refractivity (Wildman–Crippen MR) is 149 cm³/mol. The molecule has 3 nitrogen and oxygen atoms in total. The SMILES string of the molecule is CCCCCC=CCO[C@H]1CO[C@H](c2ccc(C34CCC(CCCCCCC)(CC3)CC4)cc2)CO1. The Bertz CT molecular complexity index is 750. The maximum absolute atomic E-state index is 6.13. The fourth-order valence-electron chi connectivity index (χ4n) is 6.86. The number of fused-ring (bicyclic) bond motifs is 3. The minimum absolute atomic E-state index is 0.0130. The first-order valence-electron chi connectivity index (χ1n) is 15.3. The van der Waals surface area contributed by atoms with E-state index in [2.05, 4.69) is 50.3 Å². The minimum Gasteiger partial charge on any atom is -0.366 e. The van der Waals surface area contributed by atoms with Gasteiger partial charge in [-0.2, -0.15) is 0 Å². The highest BCUT2D eigenvalue weighted by molar-refractivity contribution is 5.32. The van der Waals surface area contributed by atoms with Gasteiger partial charge >= 0.3 is 0 Å². The first-order chi connectivity index (χ1) is 17.7. The van der Waals surface area contributed by atoms with Gasteiger partial charge in [-0.3, -0.25) is 0 Å². The summed E-state index contributed by atoms with van der Waals surface area (Å²) in [6.45, 7) is 6.21. The molecule has 3 aliphatic carbocycles. The van der Waals surface area contributed by atoms with E-state index in [1.165, 1.54) is 102 Å². The molecule has 1 aromatic rings. The van der Waals surface area contributed by atoms with E-state index in [1.54, 1.807) is 5.56 Å². The normalized spacial score (nSPS) is 30.3. The van der Waals surface area contributed by atoms with E-state index in [0.29, 0.717) is 30.7 Å². The standard InChI is InChI=1S/C33H52O3/c1-3-5-7-9-11-13-25-34-31-27-35-30(26-36-31)28-14-16-29(17-15-28)33-22-19-32(20-23-33,21-24-33)18-12-10-8-6-4-2/h11,13-17,30-31H,3-10,12,18-27H2,1-2H3/t30-,31+,32?,33?/m0/s1. The molecule has 0 aromatic heterocycles. The summed E-state index contributed by atoms with van der Waals surface area (Å²) in [5.41, 5.74) is 3.89. The van der Waals surface area contributed by atoms with Gasteiger partial charge in [-0.1, -0.05) is 95.2 Å². The first kappa shape index (κ1) is 27.9. The van der Waals surface area contributed by atoms with Gasteiger partial charge in [-0.15, -0.1) is 0 Å². The Labute approximate surface area is 221 Å². The third-order valence-corrected chi connectivity index (χ3v) is 9.49. The molecule has 3 heteroatoms. The van der Waals surface area contributed by atoms with Gasteiger partial charge in [0.1, 0.15) is 6.10 Å². The molecule has 0 spiro atoms. The van der Waals surface area contributed by atoms with Crippen molar-refractivity contribution in [1.82, 2.24) is 0 Å². The Balaban J connectivity index is 1.18. The summed E-state index contributed by atoms with van der Waals surface area (Å²) < 4.78 is 17.9. The van der Waals surface area contributed by atoms with Gasteiger partial charge in [0.2, 0.25) is 0 Å². The molecule has 1 saturated heterocycles. The molecule has 202 valence electrons. The van der Waals surface area contributed by atoms with E-state index < -0.39 is 0 Å². The first-order valence-corrected chi connectivity index (χ1v) is 15.3. The number of hydrogen-bond donors (Lipinski definition) is 0. The van der Waals surface area contributed by atoms with Crippen molar-refractivity contribution < 1.29 is 14.2 Å². The second-order valence-corrected chi connectivity index (χ2v) is 12.0. The van der Waals surface area contributed by atoms with Crippen LogP contribution in [0, 0.1) is 5.41 Å². The maximum atomic E-state index is 6.13. The number of hydrogen-bond acceptors (Lipinski definition) is 3. The molecule has 2 bridgehead atoms. The average molecular weight is 497 g/mol. The fourth-order valence-corrected chi connectivity index (χ4v) is 6.86. The highest BCUT2D eigenvalue weighted by Gasteiger charge is 2.48. The second kappa shape index (κ2) is 14.1. The van der Waals surface area contributed by atoms with Gasteiger partial charge in [0, 0.05) is 0 Å². The molecule has 5 rings (SSSR count). The van der Waals surface area contributed by atoms with Crippen molar-refractivity contribution in [3.63, 3.8) is 0 Å². The smallest absolute Gasteiger partial charge is 0.181 e. The lowest BCUT2D eigenvalue weighted by Gasteiger charge is -2.54. The largest absolute Gasteiger partial charge is 0.366 e. The molecule has 4 aliphatic rings. The van der Waals surface area contributed by atoms with Crippen LogP contribution in [0.3, 0.4) is 0 Å². The van der Waals surface area contributed by atoms with Crippen molar-refractivity contribution in [2.24, 2.45) is 5.41 Å². The van der Waals surface area contributed by atoms with Crippen LogP contribution < -0.4 is 0 Å². The van der Waals surface area contributed by atoms with Crippen molar-refractivity contribution >= 4 is 0 Å². The zero-order valence-electron chi connectivity index (χ0n) is 23.3. The predicted octanol–water partition coefficient (Wildman–Crippen LogP) is 9.21. The van der Waals surface area contributed by atoms with E-state index in [-0.39, 0.29) is 12.4 Å². The summed E-state index contributed by atoms with van der Waals surface area (Å²) in [4.78, 5) is 0. The molecule has 3 saturated carbocycles. The van der Waals surface area contributed by atoms with Crippen LogP contribution in [0.5, 0.6) is 0 Å². The van der Waals surface area contributed by atoms with Crippen molar-refractivity contribution in [2.45, 2.75) is 134 Å². The molecule has 0 unspecified atom stereocenters. The molecule has 2 atom stereocenters. The number of benzene rings is 1. The molecule has 1 aliphatic heterocycles. The maximum Gasteiger partial charge on any atom is 0.181 e. The van der Waals surface area contributed by atoms with Crippen LogP contribution in [-0.4, -0.2) is 26.1 Å². The van der Waals surface area contributed by atoms with Gasteiger partial charge < -0.3 is 14.2 Å². The minimum atomic E-state index is -0.254. The van der Waals surface area contributed by atoms with Crippen LogP contribution in [0.2, 0.25) is 0 Å². The summed E-state index contributed by atoms with van der Waals surface area (Å²) >= 11 is 0. The Hall–Kier alpha value is -1.16. The zero-order valence-corrected chi connectivity index (χ0v) is 23.3. The van der Waals surface area contributed by atoms with Crippen molar-refractivity contribution in [2.75, 3.05) is 19.8 Å². The molecule has 1 aromatic carbocycles. The van der Waals surface area contributed by atoms with Crippen LogP contribution in [-0.2, 0) is 19.6 Å². The van der Waals surface area contributed by atoms with E-state index >= 15 is 0 Å². The summed E-state index contributed by atoms with van der Waals surface area (Å²) in [6, 6.07) is 9.38. The average Bonchev–Trinajstić information content (AvgIpc) is 2.94. The molecule has 1 heterocycles. The van der Waals surface area contributed by atoms with Gasteiger partial charge in [0.25, 0.3) is 0 Å². The van der Waals surface area contributed by atoms with Crippen LogP contribution in [0.25, 0.3) is 0 Å². The summed E-state index contributed by atoms with van der Waals surface area (Å²) in [6.07, 6.45) is 26.1. The zero-order chi connectivity index (χ0) is 25.1. The third-order valence-electron chi connectivity index (χ3n) is 9.49. The molecule has 36 heavy (non-hydrogen) atoms. The van der Waals surface area contributed by atoms with Crippen LogP contribution in [0.1, 0.15) is 134 Å². The van der Waals surface area contributed by atoms with Crippen molar-refractivity contribution in [1.29, 1.82) is 0 Å². The van der Waals surface area contributed by atoms with E-state index in [0.717, 1.165) is 6.42 Å². The highest BCUT2D eigenvalue weighted by Crippen LogP contribution is 2.59. The fraction of sp³-hybridized carbons (Fsp3) is 0.758. The Morgan fingerprint density at radius 2 is 1.47 bits per heavy atom. The molecule has 0 N–H and O–H groups in total. The monoisotopic (exact) mass is 496 g/mol. The second-order valence-electron chi connectivity index (χ2n) is 12.0. The molecule has 0 amide bonds. The van der Waals surface area contributed by atoms with Crippen LogP contribution in [0.4, 0.5) is 0 Å². The van der Waals surface area contributed by atoms with Crippen molar-refractivity contribution in [3.05, 3.63) is 47.5 Å². The number of rotatable bonds is 15. The Morgan fingerprint density at radius 3 is 2.14 bits per heavy atom. The van der Waals surface area contributed by atoms with Gasteiger partial charge in [-0.05, 0) is 79.7 Å². The highest BCUT2D eigenvalue weighted by atomic mass is 16.7.